The first-order chi connectivity index (χ1) is 10.1. The van der Waals surface area contributed by atoms with Crippen LogP contribution in [0.25, 0.3) is 5.69 Å². The molecular weight excluding hydrogens is 332 g/mol. The first-order valence-corrected chi connectivity index (χ1v) is 7.76. The predicted molar refractivity (Wildman–Crippen MR) is 84.8 cm³/mol. The molecule has 0 atom stereocenters. The summed E-state index contributed by atoms with van der Waals surface area (Å²) in [4.78, 5) is 14.4. The molecule has 110 valence electrons. The number of aromatic nitrogens is 2. The van der Waals surface area contributed by atoms with Crippen molar-refractivity contribution in [1.29, 1.82) is 0 Å². The van der Waals surface area contributed by atoms with Crippen molar-refractivity contribution in [3.63, 3.8) is 0 Å². The smallest absolute Gasteiger partial charge is 0.257 e. The van der Waals surface area contributed by atoms with Gasteiger partial charge in [0.25, 0.3) is 5.91 Å². The van der Waals surface area contributed by atoms with Crippen molar-refractivity contribution in [3.8, 4) is 5.69 Å². The van der Waals surface area contributed by atoms with Crippen LogP contribution in [0, 0.1) is 6.92 Å². The number of nitrogens with one attached hydrogen (secondary N) is 1. The molecule has 0 saturated carbocycles. The molecule has 0 aliphatic carbocycles. The minimum atomic E-state index is 0.0670. The van der Waals surface area contributed by atoms with Gasteiger partial charge in [-0.3, -0.25) is 4.79 Å². The molecule has 1 N–H and O–H groups in total. The molecule has 2 heterocycles. The van der Waals surface area contributed by atoms with E-state index in [0.717, 1.165) is 42.0 Å². The lowest BCUT2D eigenvalue weighted by Crippen LogP contribution is -2.46. The largest absolute Gasteiger partial charge is 0.336 e. The number of carbonyl (C=O) groups is 1. The second-order valence-corrected chi connectivity index (χ2v) is 6.01. The second-order valence-electron chi connectivity index (χ2n) is 5.09. The van der Waals surface area contributed by atoms with Crippen LogP contribution in [0.3, 0.4) is 0 Å². The molecule has 1 saturated heterocycles. The fraction of sp³-hybridized carbons (Fsp3) is 0.333. The van der Waals surface area contributed by atoms with Gasteiger partial charge >= 0.3 is 0 Å². The highest BCUT2D eigenvalue weighted by atomic mass is 79.9. The minimum absolute atomic E-state index is 0.0670. The van der Waals surface area contributed by atoms with Crippen molar-refractivity contribution in [2.75, 3.05) is 26.2 Å². The number of carbonyl (C=O) groups excluding carboxylic acids is 1. The van der Waals surface area contributed by atoms with Gasteiger partial charge in [-0.05, 0) is 31.2 Å². The number of hydrogen-bond acceptors (Lipinski definition) is 3. The number of hydrogen-bond donors (Lipinski definition) is 1. The van der Waals surface area contributed by atoms with Crippen molar-refractivity contribution in [1.82, 2.24) is 20.0 Å². The maximum atomic E-state index is 12.6. The fourth-order valence-electron chi connectivity index (χ4n) is 2.43. The zero-order valence-electron chi connectivity index (χ0n) is 11.8. The van der Waals surface area contributed by atoms with E-state index in [-0.39, 0.29) is 5.91 Å². The van der Waals surface area contributed by atoms with Gasteiger partial charge < -0.3 is 10.2 Å². The summed E-state index contributed by atoms with van der Waals surface area (Å²) < 4.78 is 2.78. The lowest BCUT2D eigenvalue weighted by atomic mass is 10.2. The van der Waals surface area contributed by atoms with E-state index >= 15 is 0 Å². The third-order valence-electron chi connectivity index (χ3n) is 3.62. The van der Waals surface area contributed by atoms with Gasteiger partial charge in [-0.2, -0.15) is 5.10 Å². The molecule has 1 amide bonds. The van der Waals surface area contributed by atoms with Crippen LogP contribution in [0.2, 0.25) is 0 Å². The summed E-state index contributed by atoms with van der Waals surface area (Å²) >= 11 is 3.42. The molecule has 3 rings (SSSR count). The molecule has 0 radical (unpaired) electrons. The highest BCUT2D eigenvalue weighted by molar-refractivity contribution is 9.10. The molecule has 6 heteroatoms. The Morgan fingerprint density at radius 2 is 1.90 bits per heavy atom. The lowest BCUT2D eigenvalue weighted by Gasteiger charge is -2.27. The number of rotatable bonds is 2. The van der Waals surface area contributed by atoms with Gasteiger partial charge in [-0.15, -0.1) is 0 Å². The number of amides is 1. The lowest BCUT2D eigenvalue weighted by molar-refractivity contribution is 0.0735. The van der Waals surface area contributed by atoms with E-state index in [2.05, 4.69) is 26.3 Å². The third kappa shape index (κ3) is 3.01. The molecule has 0 unspecified atom stereocenters. The topological polar surface area (TPSA) is 50.2 Å². The normalized spacial score (nSPS) is 15.2. The van der Waals surface area contributed by atoms with Crippen molar-refractivity contribution < 1.29 is 4.79 Å². The molecule has 1 aliphatic heterocycles. The average Bonchev–Trinajstić information content (AvgIpc) is 2.90. The molecule has 0 spiro atoms. The van der Waals surface area contributed by atoms with E-state index in [4.69, 9.17) is 0 Å². The van der Waals surface area contributed by atoms with E-state index in [9.17, 15) is 4.79 Å². The molecular formula is C15H17BrN4O. The van der Waals surface area contributed by atoms with Crippen molar-refractivity contribution in [2.24, 2.45) is 0 Å². The van der Waals surface area contributed by atoms with Crippen molar-refractivity contribution >= 4 is 21.8 Å². The van der Waals surface area contributed by atoms with E-state index in [1.165, 1.54) is 0 Å². The Bertz CT molecular complexity index is 644. The van der Waals surface area contributed by atoms with E-state index < -0.39 is 0 Å². The van der Waals surface area contributed by atoms with Crippen LogP contribution in [-0.4, -0.2) is 46.8 Å². The van der Waals surface area contributed by atoms with Crippen LogP contribution < -0.4 is 5.32 Å². The Balaban J connectivity index is 1.87. The van der Waals surface area contributed by atoms with Crippen molar-refractivity contribution in [3.05, 3.63) is 46.2 Å². The van der Waals surface area contributed by atoms with Crippen LogP contribution in [-0.2, 0) is 0 Å². The van der Waals surface area contributed by atoms with Crippen LogP contribution >= 0.6 is 15.9 Å². The maximum absolute atomic E-state index is 12.6. The number of halogens is 1. The monoisotopic (exact) mass is 348 g/mol. The summed E-state index contributed by atoms with van der Waals surface area (Å²) in [5, 5.41) is 7.72. The average molecular weight is 349 g/mol. The zero-order valence-corrected chi connectivity index (χ0v) is 13.4. The summed E-state index contributed by atoms with van der Waals surface area (Å²) in [7, 11) is 0. The molecule has 5 nitrogen and oxygen atoms in total. The van der Waals surface area contributed by atoms with Gasteiger partial charge in [0.1, 0.15) is 0 Å². The van der Waals surface area contributed by atoms with E-state index in [1.807, 2.05) is 42.3 Å². The van der Waals surface area contributed by atoms with Crippen LogP contribution in [0.1, 0.15) is 16.1 Å². The van der Waals surface area contributed by atoms with Gasteiger partial charge in [0.15, 0.2) is 0 Å². The van der Waals surface area contributed by atoms with Crippen LogP contribution in [0.15, 0.2) is 34.9 Å². The molecule has 0 bridgehead atoms. The van der Waals surface area contributed by atoms with Gasteiger partial charge in [0.2, 0.25) is 0 Å². The Kier molecular flexibility index (Phi) is 4.07. The Hall–Kier alpha value is -1.66. The third-order valence-corrected chi connectivity index (χ3v) is 4.15. The predicted octanol–water partition coefficient (Wildman–Crippen LogP) is 1.99. The van der Waals surface area contributed by atoms with E-state index in [1.54, 1.807) is 4.68 Å². The number of nitrogens with zero attached hydrogens (tertiary/aromatic N) is 3. The van der Waals surface area contributed by atoms with Gasteiger partial charge in [-0.1, -0.05) is 15.9 Å². The first-order valence-electron chi connectivity index (χ1n) is 6.97. The molecule has 21 heavy (non-hydrogen) atoms. The standard InChI is InChI=1S/C15H17BrN4O/c1-11-14(15(21)19-8-6-17-7-9-19)10-20(18-11)13-4-2-12(16)3-5-13/h2-5,10,17H,6-9H2,1H3. The minimum Gasteiger partial charge on any atom is -0.336 e. The quantitative estimate of drug-likeness (QED) is 0.902. The summed E-state index contributed by atoms with van der Waals surface area (Å²) in [6.07, 6.45) is 1.82. The second kappa shape index (κ2) is 5.99. The van der Waals surface area contributed by atoms with Crippen molar-refractivity contribution in [2.45, 2.75) is 6.92 Å². The Labute approximate surface area is 132 Å². The summed E-state index contributed by atoms with van der Waals surface area (Å²) in [6.45, 7) is 5.09. The highest BCUT2D eigenvalue weighted by Crippen LogP contribution is 2.17. The number of aryl methyl sites for hydroxylation is 1. The maximum Gasteiger partial charge on any atom is 0.257 e. The Morgan fingerprint density at radius 3 is 2.57 bits per heavy atom. The molecule has 1 fully saturated rings. The highest BCUT2D eigenvalue weighted by Gasteiger charge is 2.21. The van der Waals surface area contributed by atoms with Crippen LogP contribution in [0.5, 0.6) is 0 Å². The molecule has 1 aliphatic rings. The van der Waals surface area contributed by atoms with Gasteiger partial charge in [-0.25, -0.2) is 4.68 Å². The summed E-state index contributed by atoms with van der Waals surface area (Å²) in [5.74, 6) is 0.0670. The Morgan fingerprint density at radius 1 is 1.24 bits per heavy atom. The molecule has 1 aromatic carbocycles. The zero-order chi connectivity index (χ0) is 14.8. The van der Waals surface area contributed by atoms with Crippen LogP contribution in [0.4, 0.5) is 0 Å². The SMILES string of the molecule is Cc1nn(-c2ccc(Br)cc2)cc1C(=O)N1CCNCC1. The summed E-state index contributed by atoms with van der Waals surface area (Å²) in [5.41, 5.74) is 2.39. The molecule has 1 aromatic heterocycles. The first kappa shape index (κ1) is 14.3. The summed E-state index contributed by atoms with van der Waals surface area (Å²) in [6, 6.07) is 7.86. The van der Waals surface area contributed by atoms with E-state index in [0.29, 0.717) is 5.56 Å². The number of piperazine rings is 1. The molecule has 2 aromatic rings. The number of benzene rings is 1. The van der Waals surface area contributed by atoms with Gasteiger partial charge in [0.05, 0.1) is 16.9 Å². The fourth-order valence-corrected chi connectivity index (χ4v) is 2.70. The van der Waals surface area contributed by atoms with Gasteiger partial charge in [0, 0.05) is 36.8 Å².